The standard InChI is InChI=1S/C5H3F9O4S.Na/c6-2(7,3(8,9)10)1-18-4(11,12)5(13,14)19(15,16)17;/h1H2,(H,15,16,17);/q;+1/p-1. The molecule has 0 aromatic heterocycles. The number of ether oxygens (including phenoxy) is 1. The Balaban J connectivity index is 0. The largest absolute Gasteiger partial charge is 1.00 e. The van der Waals surface area contributed by atoms with Crippen molar-refractivity contribution in [3.8, 4) is 0 Å². The topological polar surface area (TPSA) is 66.4 Å². The summed E-state index contributed by atoms with van der Waals surface area (Å²) in [6, 6.07) is 0. The first kappa shape index (κ1) is 22.5. The fraction of sp³-hybridized carbons (Fsp3) is 1.00. The van der Waals surface area contributed by atoms with Crippen LogP contribution in [-0.2, 0) is 14.9 Å². The molecule has 0 aliphatic rings. The van der Waals surface area contributed by atoms with Crippen LogP contribution < -0.4 is 29.6 Å². The van der Waals surface area contributed by atoms with Crippen LogP contribution in [-0.4, -0.2) is 43.0 Å². The molecule has 0 aromatic carbocycles. The van der Waals surface area contributed by atoms with E-state index < -0.39 is 40.2 Å². The zero-order chi connectivity index (χ0) is 15.9. The van der Waals surface area contributed by atoms with Gasteiger partial charge in [-0.15, -0.1) is 0 Å². The van der Waals surface area contributed by atoms with Gasteiger partial charge in [0.15, 0.2) is 10.1 Å². The van der Waals surface area contributed by atoms with E-state index in [-0.39, 0.29) is 29.6 Å². The first-order chi connectivity index (χ1) is 7.96. The number of hydrogen-bond donors (Lipinski definition) is 0. The molecule has 0 atom stereocenters. The molecule has 0 saturated carbocycles. The molecule has 15 heteroatoms. The zero-order valence-electron chi connectivity index (χ0n) is 9.15. The van der Waals surface area contributed by atoms with Gasteiger partial charge in [0.25, 0.3) is 0 Å². The van der Waals surface area contributed by atoms with E-state index in [2.05, 4.69) is 4.74 Å². The molecule has 0 spiro atoms. The predicted octanol–water partition coefficient (Wildman–Crippen LogP) is -1.06. The summed E-state index contributed by atoms with van der Waals surface area (Å²) in [4.78, 5) is 0. The van der Waals surface area contributed by atoms with Gasteiger partial charge in [-0.05, 0) is 0 Å². The average Bonchev–Trinajstić information content (AvgIpc) is 2.11. The van der Waals surface area contributed by atoms with Gasteiger partial charge in [0.1, 0.15) is 6.61 Å². The van der Waals surface area contributed by atoms with E-state index in [0.29, 0.717) is 0 Å². The van der Waals surface area contributed by atoms with Gasteiger partial charge in [0, 0.05) is 0 Å². The van der Waals surface area contributed by atoms with Gasteiger partial charge in [-0.25, -0.2) is 8.42 Å². The van der Waals surface area contributed by atoms with E-state index in [1.165, 1.54) is 0 Å². The molecule has 4 nitrogen and oxygen atoms in total. The van der Waals surface area contributed by atoms with Crippen molar-refractivity contribution in [3.63, 3.8) is 0 Å². The van der Waals surface area contributed by atoms with Gasteiger partial charge >= 0.3 is 53.0 Å². The van der Waals surface area contributed by atoms with Crippen LogP contribution in [0.1, 0.15) is 0 Å². The maximum Gasteiger partial charge on any atom is 1.00 e. The van der Waals surface area contributed by atoms with E-state index in [4.69, 9.17) is 0 Å². The molecule has 116 valence electrons. The van der Waals surface area contributed by atoms with Gasteiger partial charge in [-0.3, -0.25) is 0 Å². The van der Waals surface area contributed by atoms with Crippen molar-refractivity contribution in [2.24, 2.45) is 0 Å². The van der Waals surface area contributed by atoms with E-state index in [9.17, 15) is 52.5 Å². The third-order valence-corrected chi connectivity index (χ3v) is 2.37. The van der Waals surface area contributed by atoms with Crippen LogP contribution in [0.25, 0.3) is 0 Å². The summed E-state index contributed by atoms with van der Waals surface area (Å²) in [7, 11) is -7.05. The van der Waals surface area contributed by atoms with Crippen molar-refractivity contribution >= 4 is 10.1 Å². The summed E-state index contributed by atoms with van der Waals surface area (Å²) in [5.74, 6) is -5.95. The van der Waals surface area contributed by atoms with E-state index in [0.717, 1.165) is 0 Å². The molecule has 0 saturated heterocycles. The first-order valence-corrected chi connectivity index (χ1v) is 5.16. The van der Waals surface area contributed by atoms with Gasteiger partial charge in [-0.2, -0.15) is 39.5 Å². The van der Waals surface area contributed by atoms with Crippen molar-refractivity contribution < 1.29 is 86.8 Å². The fourth-order valence-electron chi connectivity index (χ4n) is 0.493. The van der Waals surface area contributed by atoms with Gasteiger partial charge < -0.3 is 9.29 Å². The zero-order valence-corrected chi connectivity index (χ0v) is 12.0. The molecule has 0 aromatic rings. The average molecular weight is 352 g/mol. The van der Waals surface area contributed by atoms with Crippen LogP contribution in [0, 0.1) is 0 Å². The van der Waals surface area contributed by atoms with Crippen molar-refractivity contribution in [1.82, 2.24) is 0 Å². The summed E-state index contributed by atoms with van der Waals surface area (Å²) in [6.07, 6.45) is -12.8. The van der Waals surface area contributed by atoms with Gasteiger partial charge in [0.2, 0.25) is 0 Å². The smallest absolute Gasteiger partial charge is 0.743 e. The molecular formula is C5H2F9NaO4S. The third-order valence-electron chi connectivity index (χ3n) is 1.50. The molecule has 0 heterocycles. The summed E-state index contributed by atoms with van der Waals surface area (Å²) in [6.45, 7) is -3.30. The first-order valence-electron chi connectivity index (χ1n) is 3.75. The van der Waals surface area contributed by atoms with Crippen molar-refractivity contribution in [1.29, 1.82) is 0 Å². The quantitative estimate of drug-likeness (QED) is 0.359. The van der Waals surface area contributed by atoms with Crippen LogP contribution in [0.2, 0.25) is 0 Å². The Labute approximate surface area is 127 Å². The van der Waals surface area contributed by atoms with Crippen LogP contribution in [0.3, 0.4) is 0 Å². The normalized spacial score (nSPS) is 14.9. The van der Waals surface area contributed by atoms with Crippen molar-refractivity contribution in [2.75, 3.05) is 6.61 Å². The summed E-state index contributed by atoms with van der Waals surface area (Å²) in [5, 5.41) is -6.51. The molecular weight excluding hydrogens is 350 g/mol. The van der Waals surface area contributed by atoms with Crippen LogP contribution in [0.4, 0.5) is 39.5 Å². The Morgan fingerprint density at radius 2 is 1.25 bits per heavy atom. The second-order valence-corrected chi connectivity index (χ2v) is 4.40. The van der Waals surface area contributed by atoms with E-state index >= 15 is 0 Å². The second-order valence-electron chi connectivity index (χ2n) is 2.98. The minimum absolute atomic E-state index is 0. The molecule has 0 rings (SSSR count). The van der Waals surface area contributed by atoms with Gasteiger partial charge in [-0.1, -0.05) is 0 Å². The second kappa shape index (κ2) is 6.16. The Kier molecular flexibility index (Phi) is 6.93. The van der Waals surface area contributed by atoms with Crippen LogP contribution in [0.15, 0.2) is 0 Å². The number of alkyl halides is 9. The molecule has 0 radical (unpaired) electrons. The van der Waals surface area contributed by atoms with Gasteiger partial charge in [0.05, 0.1) is 0 Å². The fourth-order valence-corrected chi connectivity index (χ4v) is 0.843. The molecule has 0 N–H and O–H groups in total. The molecule has 0 bridgehead atoms. The molecule has 0 aliphatic heterocycles. The Morgan fingerprint density at radius 1 is 0.900 bits per heavy atom. The number of rotatable bonds is 5. The number of halogens is 9. The summed E-state index contributed by atoms with van der Waals surface area (Å²) in [5.41, 5.74) is 0. The summed E-state index contributed by atoms with van der Waals surface area (Å²) < 4.78 is 139. The molecule has 0 amide bonds. The SMILES string of the molecule is O=S(=O)([O-])C(F)(F)C(F)(F)OCC(F)(F)C(F)(F)F.[Na+]. The van der Waals surface area contributed by atoms with E-state index in [1.807, 2.05) is 0 Å². The maximum absolute atomic E-state index is 12.4. The Hall–Kier alpha value is 0.240. The number of hydrogen-bond acceptors (Lipinski definition) is 4. The van der Waals surface area contributed by atoms with Crippen molar-refractivity contribution in [2.45, 2.75) is 23.5 Å². The molecule has 0 aliphatic carbocycles. The Bertz CT molecular complexity index is 430. The minimum Gasteiger partial charge on any atom is -0.743 e. The van der Waals surface area contributed by atoms with E-state index in [1.54, 1.807) is 0 Å². The van der Waals surface area contributed by atoms with Crippen LogP contribution >= 0.6 is 0 Å². The predicted molar refractivity (Wildman–Crippen MR) is 36.5 cm³/mol. The molecule has 0 fully saturated rings. The Morgan fingerprint density at radius 3 is 1.50 bits per heavy atom. The summed E-state index contributed by atoms with van der Waals surface area (Å²) >= 11 is 0. The molecule has 0 unspecified atom stereocenters. The van der Waals surface area contributed by atoms with Crippen LogP contribution in [0.5, 0.6) is 0 Å². The van der Waals surface area contributed by atoms with Crippen molar-refractivity contribution in [3.05, 3.63) is 0 Å². The minimum atomic E-state index is -7.05. The monoisotopic (exact) mass is 352 g/mol. The third kappa shape index (κ3) is 4.62. The molecule has 20 heavy (non-hydrogen) atoms. The maximum atomic E-state index is 12.4.